The van der Waals surface area contributed by atoms with Gasteiger partial charge in [-0.25, -0.2) is 0 Å². The van der Waals surface area contributed by atoms with Crippen LogP contribution in [0.2, 0.25) is 0 Å². The van der Waals surface area contributed by atoms with Crippen molar-refractivity contribution in [2.45, 2.75) is 51.3 Å². The first kappa shape index (κ1) is 20.2. The highest BCUT2D eigenvalue weighted by molar-refractivity contribution is 7.90. The van der Waals surface area contributed by atoms with Crippen LogP contribution in [0.15, 0.2) is 24.5 Å². The van der Waals surface area contributed by atoms with E-state index in [0.29, 0.717) is 0 Å². The Morgan fingerprint density at radius 3 is 2.62 bits per heavy atom. The van der Waals surface area contributed by atoms with Crippen LogP contribution in [0.3, 0.4) is 0 Å². The van der Waals surface area contributed by atoms with Crippen LogP contribution in [0.1, 0.15) is 52.2 Å². The minimum Gasteiger partial charge on any atom is -0.598 e. The van der Waals surface area contributed by atoms with Gasteiger partial charge in [0, 0.05) is 29.3 Å². The van der Waals surface area contributed by atoms with Gasteiger partial charge in [-0.2, -0.15) is 0 Å². The lowest BCUT2D eigenvalue weighted by Gasteiger charge is -2.32. The number of nitrogens with zero attached hydrogens (tertiary/aromatic N) is 1. The molecule has 0 spiro atoms. The maximum Gasteiger partial charge on any atom is 0.305 e. The Balaban J connectivity index is 3.05. The molecule has 2 atom stereocenters. The number of pyridine rings is 1. The number of aromatic nitrogens is 1. The number of hydrogen-bond donors (Lipinski definition) is 2. The van der Waals surface area contributed by atoms with Gasteiger partial charge in [-0.1, -0.05) is 18.1 Å². The molecule has 0 aliphatic heterocycles. The van der Waals surface area contributed by atoms with E-state index in [4.69, 9.17) is 0 Å². The quantitative estimate of drug-likeness (QED) is 0.610. The van der Waals surface area contributed by atoms with Gasteiger partial charge in [0.25, 0.3) is 0 Å². The normalized spacial score (nSPS) is 15.4. The number of rotatable bonds is 6. The van der Waals surface area contributed by atoms with Crippen LogP contribution in [0, 0.1) is 11.8 Å². The van der Waals surface area contributed by atoms with E-state index in [1.807, 2.05) is 26.8 Å². The summed E-state index contributed by atoms with van der Waals surface area (Å²) in [6.07, 6.45) is 6.62. The fourth-order valence-electron chi connectivity index (χ4n) is 1.85. The Morgan fingerprint density at radius 2 is 2.08 bits per heavy atom. The predicted octanol–water partition coefficient (Wildman–Crippen LogP) is 2.75. The topological polar surface area (TPSA) is 85.3 Å². The van der Waals surface area contributed by atoms with Crippen molar-refractivity contribution in [3.05, 3.63) is 35.7 Å². The van der Waals surface area contributed by atoms with E-state index in [9.17, 15) is 14.5 Å². The number of hydrogen-bond acceptors (Lipinski definition) is 4. The van der Waals surface area contributed by atoms with Gasteiger partial charge in [-0.15, -0.1) is 10.6 Å². The van der Waals surface area contributed by atoms with Crippen LogP contribution in [-0.2, 0) is 16.2 Å². The summed E-state index contributed by atoms with van der Waals surface area (Å²) in [7, 11) is 0. The Hall–Kier alpha value is -1.81. The first-order chi connectivity index (χ1) is 11.1. The van der Waals surface area contributed by atoms with Crippen molar-refractivity contribution in [3.63, 3.8) is 0 Å². The molecule has 130 valence electrons. The zero-order chi connectivity index (χ0) is 18.4. The molecule has 0 bridgehead atoms. The Bertz CT molecular complexity index is 671. The molecule has 1 aromatic rings. The average molecular weight is 348 g/mol. The summed E-state index contributed by atoms with van der Waals surface area (Å²) >= 11 is -1.39. The van der Waals surface area contributed by atoms with E-state index in [1.54, 1.807) is 38.4 Å². The second-order valence-electron chi connectivity index (χ2n) is 6.69. The molecule has 0 fully saturated rings. The molecule has 0 amide bonds. The summed E-state index contributed by atoms with van der Waals surface area (Å²) < 4.78 is 14.8. The molecule has 0 saturated heterocycles. The van der Waals surface area contributed by atoms with Crippen molar-refractivity contribution in [1.29, 1.82) is 0 Å². The van der Waals surface area contributed by atoms with Crippen molar-refractivity contribution >= 4 is 23.4 Å². The molecule has 1 rings (SSSR count). The molecule has 0 aliphatic rings. The van der Waals surface area contributed by atoms with Gasteiger partial charge in [-0.05, 0) is 46.2 Å². The summed E-state index contributed by atoms with van der Waals surface area (Å²) in [6.45, 7) is 8.95. The van der Waals surface area contributed by atoms with Crippen molar-refractivity contribution in [1.82, 2.24) is 9.71 Å². The van der Waals surface area contributed by atoms with E-state index in [0.717, 1.165) is 11.1 Å². The number of carboxylic acids is 1. The van der Waals surface area contributed by atoms with Gasteiger partial charge in [0.05, 0.1) is 12.0 Å². The second kappa shape index (κ2) is 8.34. The van der Waals surface area contributed by atoms with Crippen LogP contribution in [0.25, 0.3) is 6.08 Å². The van der Waals surface area contributed by atoms with E-state index < -0.39 is 27.6 Å². The van der Waals surface area contributed by atoms with Gasteiger partial charge in [0.1, 0.15) is 4.75 Å². The molecule has 0 saturated carbocycles. The summed E-state index contributed by atoms with van der Waals surface area (Å²) in [5, 5.41) is 9.17. The predicted molar refractivity (Wildman–Crippen MR) is 97.5 cm³/mol. The molecule has 5 nitrogen and oxygen atoms in total. The monoisotopic (exact) mass is 348 g/mol. The molecular formula is C18H24N2O3S. The van der Waals surface area contributed by atoms with E-state index in [2.05, 4.69) is 21.5 Å². The minimum atomic E-state index is -1.39. The van der Waals surface area contributed by atoms with E-state index in [-0.39, 0.29) is 6.42 Å². The number of carboxylic acid groups (broad SMARTS) is 1. The molecular weight excluding hydrogens is 324 g/mol. The Labute approximate surface area is 146 Å². The highest BCUT2D eigenvalue weighted by atomic mass is 32.2. The van der Waals surface area contributed by atoms with E-state index >= 15 is 0 Å². The van der Waals surface area contributed by atoms with Gasteiger partial charge in [-0.3, -0.25) is 9.78 Å². The first-order valence-electron chi connectivity index (χ1n) is 7.54. The van der Waals surface area contributed by atoms with Gasteiger partial charge in [0.15, 0.2) is 0 Å². The van der Waals surface area contributed by atoms with Gasteiger partial charge >= 0.3 is 5.97 Å². The molecule has 2 N–H and O–H groups in total. The molecule has 24 heavy (non-hydrogen) atoms. The summed E-state index contributed by atoms with van der Waals surface area (Å²) in [5.74, 6) is 4.76. The summed E-state index contributed by atoms with van der Waals surface area (Å²) in [6, 6.07) is 1.86. The van der Waals surface area contributed by atoms with Crippen molar-refractivity contribution in [2.24, 2.45) is 0 Å². The Kier molecular flexibility index (Phi) is 7.03. The summed E-state index contributed by atoms with van der Waals surface area (Å²) in [5.41, 5.74) is 0.636. The van der Waals surface area contributed by atoms with Crippen LogP contribution >= 0.6 is 0 Å². The smallest absolute Gasteiger partial charge is 0.305 e. The fourth-order valence-corrected chi connectivity index (χ4v) is 2.72. The lowest BCUT2D eigenvalue weighted by Crippen LogP contribution is -2.51. The van der Waals surface area contributed by atoms with Crippen molar-refractivity contribution in [3.8, 4) is 11.8 Å². The average Bonchev–Trinajstić information content (AvgIpc) is 2.44. The van der Waals surface area contributed by atoms with Crippen molar-refractivity contribution in [2.75, 3.05) is 0 Å². The van der Waals surface area contributed by atoms with Crippen LogP contribution in [-0.4, -0.2) is 30.9 Å². The lowest BCUT2D eigenvalue weighted by atomic mass is 9.98. The summed E-state index contributed by atoms with van der Waals surface area (Å²) in [4.78, 5) is 15.3. The Morgan fingerprint density at radius 1 is 1.42 bits per heavy atom. The minimum absolute atomic E-state index is 0.187. The van der Waals surface area contributed by atoms with Crippen molar-refractivity contribution < 1.29 is 14.5 Å². The third kappa shape index (κ3) is 6.75. The zero-order valence-electron chi connectivity index (χ0n) is 14.7. The molecule has 0 aromatic carbocycles. The maximum absolute atomic E-state index is 12.4. The highest BCUT2D eigenvalue weighted by Gasteiger charge is 2.35. The first-order valence-corrected chi connectivity index (χ1v) is 8.69. The molecule has 1 heterocycles. The SMILES string of the molecule is CC#Cc1cncc(C=C[C@](C)(CC(=O)O)N[S@+]([O-])C(C)(C)C)c1. The largest absolute Gasteiger partial charge is 0.598 e. The van der Waals surface area contributed by atoms with Crippen LogP contribution in [0.5, 0.6) is 0 Å². The molecule has 0 aliphatic carbocycles. The van der Waals surface area contributed by atoms with E-state index in [1.165, 1.54) is 0 Å². The number of aliphatic carboxylic acids is 1. The van der Waals surface area contributed by atoms with Gasteiger partial charge < -0.3 is 9.66 Å². The third-order valence-electron chi connectivity index (χ3n) is 3.07. The molecule has 0 radical (unpaired) electrons. The number of carbonyl (C=O) groups is 1. The standard InChI is InChI=1S/C18H24N2O3S/c1-6-7-14-10-15(13-19-12-14)8-9-18(5,11-16(21)22)20-24(23)17(2,3)4/h8-10,12-13,20H,11H2,1-5H3,(H,21,22)/t18-,24-/m1/s1. The molecule has 6 heteroatoms. The molecule has 1 aromatic heterocycles. The maximum atomic E-state index is 12.4. The third-order valence-corrected chi connectivity index (χ3v) is 4.84. The van der Waals surface area contributed by atoms with Crippen LogP contribution < -0.4 is 4.72 Å². The van der Waals surface area contributed by atoms with Gasteiger partial charge in [0.2, 0.25) is 0 Å². The van der Waals surface area contributed by atoms with Crippen LogP contribution in [0.4, 0.5) is 0 Å². The lowest BCUT2D eigenvalue weighted by molar-refractivity contribution is -0.137. The second-order valence-corrected chi connectivity index (χ2v) is 8.65. The highest BCUT2D eigenvalue weighted by Crippen LogP contribution is 2.21. The number of nitrogens with one attached hydrogen (secondary N) is 1. The molecule has 0 unspecified atom stereocenters. The zero-order valence-corrected chi connectivity index (χ0v) is 15.5. The fraction of sp³-hybridized carbons (Fsp3) is 0.444.